The number of unbranched alkanes of at least 4 members (excludes halogenated alkanes) is 1. The molecule has 0 aromatic heterocycles. The van der Waals surface area contributed by atoms with Crippen molar-refractivity contribution in [2.45, 2.75) is 39.7 Å². The van der Waals surface area contributed by atoms with Gasteiger partial charge in [-0.2, -0.15) is 0 Å². The fraction of sp³-hybridized carbons (Fsp3) is 0.833. The topological polar surface area (TPSA) is 117 Å². The highest BCUT2D eigenvalue weighted by molar-refractivity contribution is 8.13. The van der Waals surface area contributed by atoms with E-state index in [4.69, 9.17) is 24.7 Å². The van der Waals surface area contributed by atoms with Crippen molar-refractivity contribution < 1.29 is 33.3 Å². The van der Waals surface area contributed by atoms with Gasteiger partial charge in [-0.05, 0) is 51.9 Å². The molecule has 0 saturated carbocycles. The minimum absolute atomic E-state index is 0.0265. The van der Waals surface area contributed by atoms with Crippen LogP contribution in [0.15, 0.2) is 0 Å². The second-order valence-corrected chi connectivity index (χ2v) is 8.40. The highest BCUT2D eigenvalue weighted by Crippen LogP contribution is 2.15. The van der Waals surface area contributed by atoms with Crippen LogP contribution in [0.25, 0.3) is 0 Å². The van der Waals surface area contributed by atoms with Crippen molar-refractivity contribution in [3.8, 4) is 0 Å². The predicted octanol–water partition coefficient (Wildman–Crippen LogP) is 1.39. The third-order valence-electron chi connectivity index (χ3n) is 3.88. The summed E-state index contributed by atoms with van der Waals surface area (Å²) >= 11 is 0.738. The van der Waals surface area contributed by atoms with E-state index in [0.29, 0.717) is 6.61 Å². The van der Waals surface area contributed by atoms with Gasteiger partial charge in [-0.25, -0.2) is 4.79 Å². The molecule has 1 fully saturated rings. The van der Waals surface area contributed by atoms with E-state index in [9.17, 15) is 14.4 Å². The Bertz CT molecular complexity index is 505. The quantitative estimate of drug-likeness (QED) is 0.315. The zero-order chi connectivity index (χ0) is 21.0. The van der Waals surface area contributed by atoms with Gasteiger partial charge in [-0.3, -0.25) is 14.5 Å². The molecule has 0 aromatic carbocycles. The van der Waals surface area contributed by atoms with E-state index in [1.165, 1.54) is 0 Å². The van der Waals surface area contributed by atoms with Gasteiger partial charge >= 0.3 is 17.2 Å². The zero-order valence-corrected chi connectivity index (χ0v) is 17.8. The highest BCUT2D eigenvalue weighted by Gasteiger charge is 2.23. The number of esters is 2. The molecule has 1 rings (SSSR count). The van der Waals surface area contributed by atoms with E-state index in [2.05, 4.69) is 4.90 Å². The fourth-order valence-electron chi connectivity index (χ4n) is 2.16. The van der Waals surface area contributed by atoms with Crippen LogP contribution >= 0.6 is 11.8 Å². The maximum Gasteiger partial charge on any atom is 0.370 e. The average molecular weight is 421 g/mol. The summed E-state index contributed by atoms with van der Waals surface area (Å²) in [4.78, 5) is 37.3. The molecule has 1 saturated heterocycles. The van der Waals surface area contributed by atoms with E-state index in [-0.39, 0.29) is 5.75 Å². The van der Waals surface area contributed by atoms with Gasteiger partial charge in [0.25, 0.3) is 0 Å². The Kier molecular flexibility index (Phi) is 11.4. The fourth-order valence-corrected chi connectivity index (χ4v) is 2.74. The molecule has 2 N–H and O–H groups in total. The van der Waals surface area contributed by atoms with E-state index >= 15 is 0 Å². The number of ether oxygens (including phenoxy) is 4. The molecule has 0 radical (unpaired) electrons. The SMILES string of the molecule is CC(C)(C)C(=O)OCOC(=O)SC[C@H](N)C(=O)OCCCCN1CCOCC1. The van der Waals surface area contributed by atoms with Crippen molar-refractivity contribution in [2.24, 2.45) is 11.1 Å². The Hall–Kier alpha value is -1.36. The molecule has 0 amide bonds. The lowest BCUT2D eigenvalue weighted by Gasteiger charge is -2.26. The van der Waals surface area contributed by atoms with Crippen LogP contribution in [0.4, 0.5) is 4.79 Å². The Morgan fingerprint density at radius 3 is 2.43 bits per heavy atom. The molecule has 28 heavy (non-hydrogen) atoms. The Labute approximate surface area is 170 Å². The molecule has 0 spiro atoms. The molecule has 10 heteroatoms. The summed E-state index contributed by atoms with van der Waals surface area (Å²) < 4.78 is 20.0. The summed E-state index contributed by atoms with van der Waals surface area (Å²) in [5.74, 6) is -0.997. The Balaban J connectivity index is 2.05. The second kappa shape index (κ2) is 13.0. The molecular weight excluding hydrogens is 388 g/mol. The largest absolute Gasteiger partial charge is 0.465 e. The van der Waals surface area contributed by atoms with Crippen LogP contribution in [0.3, 0.4) is 0 Å². The number of morpholine rings is 1. The first-order valence-electron chi connectivity index (χ1n) is 9.39. The molecule has 1 aliphatic rings. The van der Waals surface area contributed by atoms with Gasteiger partial charge in [0.1, 0.15) is 6.04 Å². The number of carbonyl (C=O) groups excluding carboxylic acids is 3. The molecule has 1 heterocycles. The minimum Gasteiger partial charge on any atom is -0.465 e. The van der Waals surface area contributed by atoms with Gasteiger partial charge in [-0.15, -0.1) is 0 Å². The Morgan fingerprint density at radius 2 is 1.79 bits per heavy atom. The molecule has 1 atom stereocenters. The molecule has 0 aromatic rings. The second-order valence-electron chi connectivity index (χ2n) is 7.44. The standard InChI is InChI=1S/C18H32N2O7S/c1-18(2,3)16(22)26-13-27-17(23)28-12-14(19)15(21)25-9-5-4-6-20-7-10-24-11-8-20/h14H,4-13,19H2,1-3H3/t14-/m0/s1. The van der Waals surface area contributed by atoms with Crippen LogP contribution in [0.1, 0.15) is 33.6 Å². The molecule has 9 nitrogen and oxygen atoms in total. The monoisotopic (exact) mass is 420 g/mol. The van der Waals surface area contributed by atoms with Crippen molar-refractivity contribution in [3.05, 3.63) is 0 Å². The lowest BCUT2D eigenvalue weighted by atomic mass is 9.98. The first-order chi connectivity index (χ1) is 13.2. The maximum atomic E-state index is 11.8. The van der Waals surface area contributed by atoms with E-state index in [0.717, 1.165) is 57.5 Å². The number of nitrogens with zero attached hydrogens (tertiary/aromatic N) is 1. The highest BCUT2D eigenvalue weighted by atomic mass is 32.2. The van der Waals surface area contributed by atoms with Crippen LogP contribution in [-0.2, 0) is 28.5 Å². The van der Waals surface area contributed by atoms with Gasteiger partial charge in [0.15, 0.2) is 0 Å². The van der Waals surface area contributed by atoms with Gasteiger partial charge in [0, 0.05) is 18.8 Å². The molecule has 162 valence electrons. The van der Waals surface area contributed by atoms with Crippen molar-refractivity contribution in [1.29, 1.82) is 0 Å². The van der Waals surface area contributed by atoms with Crippen LogP contribution < -0.4 is 5.73 Å². The third-order valence-corrected chi connectivity index (χ3v) is 4.76. The number of hydrogen-bond donors (Lipinski definition) is 1. The van der Waals surface area contributed by atoms with Crippen LogP contribution in [0.5, 0.6) is 0 Å². The predicted molar refractivity (Wildman–Crippen MR) is 105 cm³/mol. The number of thioether (sulfide) groups is 1. The molecule has 0 bridgehead atoms. The van der Waals surface area contributed by atoms with Gasteiger partial charge < -0.3 is 24.7 Å². The van der Waals surface area contributed by atoms with Crippen LogP contribution in [-0.4, -0.2) is 80.2 Å². The van der Waals surface area contributed by atoms with E-state index < -0.39 is 35.5 Å². The minimum atomic E-state index is -0.922. The van der Waals surface area contributed by atoms with Crippen LogP contribution in [0.2, 0.25) is 0 Å². The summed E-state index contributed by atoms with van der Waals surface area (Å²) in [6.07, 6.45) is 1.68. The molecule has 0 unspecified atom stereocenters. The zero-order valence-electron chi connectivity index (χ0n) is 16.9. The first kappa shape index (κ1) is 24.7. The van der Waals surface area contributed by atoms with E-state index in [1.54, 1.807) is 20.8 Å². The maximum absolute atomic E-state index is 11.8. The van der Waals surface area contributed by atoms with Gasteiger partial charge in [0.2, 0.25) is 6.79 Å². The van der Waals surface area contributed by atoms with Crippen molar-refractivity contribution in [1.82, 2.24) is 4.90 Å². The van der Waals surface area contributed by atoms with Gasteiger partial charge in [-0.1, -0.05) is 0 Å². The van der Waals surface area contributed by atoms with Crippen molar-refractivity contribution in [2.75, 3.05) is 52.0 Å². The van der Waals surface area contributed by atoms with Crippen LogP contribution in [0, 0.1) is 5.41 Å². The van der Waals surface area contributed by atoms with Crippen molar-refractivity contribution in [3.63, 3.8) is 0 Å². The summed E-state index contributed by atoms with van der Waals surface area (Å²) in [6, 6.07) is -0.922. The van der Waals surface area contributed by atoms with Gasteiger partial charge in [0.05, 0.1) is 25.2 Å². The van der Waals surface area contributed by atoms with Crippen molar-refractivity contribution >= 4 is 29.0 Å². The number of carbonyl (C=O) groups is 3. The average Bonchev–Trinajstić information content (AvgIpc) is 2.65. The summed E-state index contributed by atoms with van der Waals surface area (Å²) in [5.41, 5.74) is 5.05. The lowest BCUT2D eigenvalue weighted by Crippen LogP contribution is -2.37. The molecule has 1 aliphatic heterocycles. The third kappa shape index (κ3) is 10.8. The summed E-state index contributed by atoms with van der Waals surface area (Å²) in [6.45, 7) is 9.28. The smallest absolute Gasteiger partial charge is 0.370 e. The lowest BCUT2D eigenvalue weighted by molar-refractivity contribution is -0.160. The van der Waals surface area contributed by atoms with E-state index in [1.807, 2.05) is 0 Å². The number of nitrogens with two attached hydrogens (primary N) is 1. The molecular formula is C18H32N2O7S. The normalized spacial score (nSPS) is 16.3. The summed E-state index contributed by atoms with van der Waals surface area (Å²) in [5, 5.41) is -0.671. The first-order valence-corrected chi connectivity index (χ1v) is 10.4. The Morgan fingerprint density at radius 1 is 1.11 bits per heavy atom. The number of hydrogen-bond acceptors (Lipinski definition) is 10. The summed E-state index contributed by atoms with van der Waals surface area (Å²) in [7, 11) is 0. The molecule has 0 aliphatic carbocycles. The number of rotatable bonds is 10.